The topological polar surface area (TPSA) is 50.7 Å². The van der Waals surface area contributed by atoms with Gasteiger partial charge in [0.2, 0.25) is 0 Å². The van der Waals surface area contributed by atoms with Crippen molar-refractivity contribution in [3.05, 3.63) is 58.9 Å². The van der Waals surface area contributed by atoms with Crippen LogP contribution in [-0.4, -0.2) is 15.0 Å². The SMILES string of the molecule is c1ccc(-c2nc(CNc3cc4c(cn3)CCCC4)cs2)nc1. The second kappa shape index (κ2) is 6.46. The summed E-state index contributed by atoms with van der Waals surface area (Å²) in [6.45, 7) is 0.690. The summed E-state index contributed by atoms with van der Waals surface area (Å²) in [7, 11) is 0. The molecule has 0 aliphatic heterocycles. The first-order valence-corrected chi connectivity index (χ1v) is 8.84. The fourth-order valence-corrected chi connectivity index (χ4v) is 3.68. The molecule has 23 heavy (non-hydrogen) atoms. The number of thiazole rings is 1. The second-order valence-electron chi connectivity index (χ2n) is 5.76. The molecule has 0 fully saturated rings. The van der Waals surface area contributed by atoms with E-state index in [1.807, 2.05) is 24.4 Å². The Morgan fingerprint density at radius 3 is 2.87 bits per heavy atom. The fraction of sp³-hybridized carbons (Fsp3) is 0.278. The van der Waals surface area contributed by atoms with E-state index < -0.39 is 0 Å². The molecule has 3 aromatic heterocycles. The van der Waals surface area contributed by atoms with Gasteiger partial charge in [-0.3, -0.25) is 4.98 Å². The van der Waals surface area contributed by atoms with Crippen LogP contribution >= 0.6 is 11.3 Å². The van der Waals surface area contributed by atoms with Gasteiger partial charge in [-0.2, -0.15) is 0 Å². The van der Waals surface area contributed by atoms with Crippen LogP contribution < -0.4 is 5.32 Å². The summed E-state index contributed by atoms with van der Waals surface area (Å²) in [5.74, 6) is 0.943. The van der Waals surface area contributed by atoms with Crippen molar-refractivity contribution in [2.45, 2.75) is 32.2 Å². The van der Waals surface area contributed by atoms with Crippen molar-refractivity contribution in [1.29, 1.82) is 0 Å². The van der Waals surface area contributed by atoms with Crippen LogP contribution in [0.1, 0.15) is 29.7 Å². The molecule has 5 heteroatoms. The van der Waals surface area contributed by atoms with Crippen molar-refractivity contribution < 1.29 is 0 Å². The summed E-state index contributed by atoms with van der Waals surface area (Å²) in [4.78, 5) is 13.5. The van der Waals surface area contributed by atoms with E-state index >= 15 is 0 Å². The first-order valence-electron chi connectivity index (χ1n) is 7.96. The van der Waals surface area contributed by atoms with Crippen LogP contribution in [0.4, 0.5) is 5.82 Å². The predicted molar refractivity (Wildman–Crippen MR) is 93.6 cm³/mol. The molecule has 3 aromatic rings. The molecule has 0 unspecified atom stereocenters. The minimum absolute atomic E-state index is 0.690. The normalized spacial score (nSPS) is 13.6. The second-order valence-corrected chi connectivity index (χ2v) is 6.62. The van der Waals surface area contributed by atoms with Crippen LogP contribution in [0.2, 0.25) is 0 Å². The van der Waals surface area contributed by atoms with Gasteiger partial charge < -0.3 is 5.32 Å². The lowest BCUT2D eigenvalue weighted by molar-refractivity contribution is 0.682. The maximum Gasteiger partial charge on any atom is 0.142 e. The van der Waals surface area contributed by atoms with Crippen molar-refractivity contribution in [1.82, 2.24) is 15.0 Å². The average Bonchev–Trinajstić information content (AvgIpc) is 3.10. The van der Waals surface area contributed by atoms with E-state index in [-0.39, 0.29) is 0 Å². The standard InChI is InChI=1S/C18H18N4S/c1-2-6-14-10-20-17(9-13(14)5-1)21-11-15-12-23-18(22-15)16-7-3-4-8-19-16/h3-4,7-10,12H,1-2,5-6,11H2,(H,20,21). The molecule has 0 aromatic carbocycles. The number of nitrogens with zero attached hydrogens (tertiary/aromatic N) is 3. The van der Waals surface area contributed by atoms with E-state index in [0.29, 0.717) is 6.54 Å². The molecule has 0 amide bonds. The molecular formula is C18H18N4S. The smallest absolute Gasteiger partial charge is 0.142 e. The zero-order valence-electron chi connectivity index (χ0n) is 12.8. The largest absolute Gasteiger partial charge is 0.364 e. The molecule has 1 N–H and O–H groups in total. The van der Waals surface area contributed by atoms with E-state index in [2.05, 4.69) is 31.7 Å². The lowest BCUT2D eigenvalue weighted by Crippen LogP contribution is -2.07. The van der Waals surface area contributed by atoms with Crippen molar-refractivity contribution in [3.8, 4) is 10.7 Å². The molecule has 1 aliphatic rings. The Balaban J connectivity index is 1.44. The molecule has 4 rings (SSSR count). The van der Waals surface area contributed by atoms with Crippen molar-refractivity contribution >= 4 is 17.2 Å². The monoisotopic (exact) mass is 322 g/mol. The van der Waals surface area contributed by atoms with Gasteiger partial charge in [0.15, 0.2) is 0 Å². The van der Waals surface area contributed by atoms with Gasteiger partial charge in [-0.1, -0.05) is 6.07 Å². The third-order valence-corrected chi connectivity index (χ3v) is 5.03. The van der Waals surface area contributed by atoms with Crippen molar-refractivity contribution in [3.63, 3.8) is 0 Å². The zero-order chi connectivity index (χ0) is 15.5. The van der Waals surface area contributed by atoms with Crippen LogP contribution in [0.25, 0.3) is 10.7 Å². The number of rotatable bonds is 4. The number of hydrogen-bond acceptors (Lipinski definition) is 5. The van der Waals surface area contributed by atoms with Crippen LogP contribution in [0.3, 0.4) is 0 Å². The maximum absolute atomic E-state index is 4.65. The van der Waals surface area contributed by atoms with E-state index in [1.54, 1.807) is 17.5 Å². The Morgan fingerprint density at radius 1 is 1.09 bits per heavy atom. The highest BCUT2D eigenvalue weighted by Crippen LogP contribution is 2.24. The van der Waals surface area contributed by atoms with Crippen LogP contribution in [-0.2, 0) is 19.4 Å². The van der Waals surface area contributed by atoms with Crippen molar-refractivity contribution in [2.24, 2.45) is 0 Å². The fourth-order valence-electron chi connectivity index (χ4n) is 2.89. The minimum Gasteiger partial charge on any atom is -0.364 e. The van der Waals surface area contributed by atoms with Crippen molar-refractivity contribution in [2.75, 3.05) is 5.32 Å². The Bertz CT molecular complexity index is 798. The van der Waals surface area contributed by atoms with Crippen LogP contribution in [0.15, 0.2) is 42.0 Å². The molecule has 1 aliphatic carbocycles. The van der Waals surface area contributed by atoms with Gasteiger partial charge in [0, 0.05) is 17.8 Å². The summed E-state index contributed by atoms with van der Waals surface area (Å²) in [5, 5.41) is 6.43. The highest BCUT2D eigenvalue weighted by atomic mass is 32.1. The summed E-state index contributed by atoms with van der Waals surface area (Å²) in [6.07, 6.45) is 8.74. The third-order valence-electron chi connectivity index (χ3n) is 4.11. The number of pyridine rings is 2. The Hall–Kier alpha value is -2.27. The Kier molecular flexibility index (Phi) is 4.03. The van der Waals surface area contributed by atoms with Gasteiger partial charge in [-0.05, 0) is 55.0 Å². The molecule has 0 saturated heterocycles. The Morgan fingerprint density at radius 2 is 2.00 bits per heavy atom. The number of aryl methyl sites for hydroxylation is 2. The zero-order valence-corrected chi connectivity index (χ0v) is 13.6. The number of anilines is 1. The summed E-state index contributed by atoms with van der Waals surface area (Å²) in [5.41, 5.74) is 4.81. The van der Waals surface area contributed by atoms with Crippen LogP contribution in [0, 0.1) is 0 Å². The third kappa shape index (κ3) is 3.24. The molecule has 3 heterocycles. The van der Waals surface area contributed by atoms with Gasteiger partial charge in [0.1, 0.15) is 10.8 Å². The van der Waals surface area contributed by atoms with E-state index in [4.69, 9.17) is 0 Å². The Labute approximate surface area is 139 Å². The van der Waals surface area contributed by atoms with Crippen LogP contribution in [0.5, 0.6) is 0 Å². The predicted octanol–water partition coefficient (Wildman–Crippen LogP) is 4.09. The van der Waals surface area contributed by atoms with Gasteiger partial charge in [-0.15, -0.1) is 11.3 Å². The minimum atomic E-state index is 0.690. The summed E-state index contributed by atoms with van der Waals surface area (Å²) < 4.78 is 0. The lowest BCUT2D eigenvalue weighted by Gasteiger charge is -2.16. The van der Waals surface area contributed by atoms with Gasteiger partial charge >= 0.3 is 0 Å². The quantitative estimate of drug-likeness (QED) is 0.786. The van der Waals surface area contributed by atoms with Gasteiger partial charge in [-0.25, -0.2) is 9.97 Å². The van der Waals surface area contributed by atoms with Gasteiger partial charge in [0.05, 0.1) is 17.9 Å². The lowest BCUT2D eigenvalue weighted by atomic mass is 9.93. The maximum atomic E-state index is 4.65. The molecule has 116 valence electrons. The van der Waals surface area contributed by atoms with E-state index in [9.17, 15) is 0 Å². The summed E-state index contributed by atoms with van der Waals surface area (Å²) >= 11 is 1.63. The highest BCUT2D eigenvalue weighted by molar-refractivity contribution is 7.13. The molecular weight excluding hydrogens is 304 g/mol. The molecule has 0 saturated carbocycles. The van der Waals surface area contributed by atoms with Gasteiger partial charge in [0.25, 0.3) is 0 Å². The molecule has 0 radical (unpaired) electrons. The number of aromatic nitrogens is 3. The molecule has 0 bridgehead atoms. The highest BCUT2D eigenvalue weighted by Gasteiger charge is 2.11. The molecule has 0 spiro atoms. The molecule has 0 atom stereocenters. The van der Waals surface area contributed by atoms with E-state index in [1.165, 1.54) is 36.8 Å². The number of nitrogens with one attached hydrogen (secondary N) is 1. The first-order chi connectivity index (χ1) is 11.4. The molecule has 4 nitrogen and oxygen atoms in total. The first kappa shape index (κ1) is 14.3. The average molecular weight is 322 g/mol. The summed E-state index contributed by atoms with van der Waals surface area (Å²) in [6, 6.07) is 8.08. The van der Waals surface area contributed by atoms with E-state index in [0.717, 1.165) is 22.2 Å². The number of hydrogen-bond donors (Lipinski definition) is 1. The number of fused-ring (bicyclic) bond motifs is 1.